The molecule has 1 aliphatic rings. The van der Waals surface area contributed by atoms with Gasteiger partial charge in [-0.3, -0.25) is 9.09 Å². The van der Waals surface area contributed by atoms with Crippen LogP contribution in [-0.4, -0.2) is 58.7 Å². The van der Waals surface area contributed by atoms with Crippen molar-refractivity contribution in [1.29, 1.82) is 0 Å². The summed E-state index contributed by atoms with van der Waals surface area (Å²) in [6.07, 6.45) is -3.97. The van der Waals surface area contributed by atoms with Gasteiger partial charge in [-0.25, -0.2) is 18.1 Å². The summed E-state index contributed by atoms with van der Waals surface area (Å²) >= 11 is 9.93. The summed E-state index contributed by atoms with van der Waals surface area (Å²) in [5.41, 5.74) is -2.20. The highest BCUT2D eigenvalue weighted by molar-refractivity contribution is 7.72. The topological polar surface area (TPSA) is 210 Å². The summed E-state index contributed by atoms with van der Waals surface area (Å²) in [6, 6.07) is 1.39. The Hall–Kier alpha value is -0.220. The Morgan fingerprint density at radius 1 is 1.23 bits per heavy atom. The van der Waals surface area contributed by atoms with Crippen LogP contribution in [-0.2, 0) is 31.6 Å². The monoisotopic (exact) mass is 532 g/mol. The number of aromatic nitrogens is 2. The SMILES string of the molecule is C[C@@]1(O)C(F)[C@@H](COP(=O)(O)OP(=O)(O)OP(=O)(O)O)O[C@H]1n1ccc(=S)[nH]c1=S. The second-order valence-corrected chi connectivity index (χ2v) is 11.3. The first kappa shape index (κ1) is 26.0. The van der Waals surface area contributed by atoms with Crippen molar-refractivity contribution in [2.45, 2.75) is 31.0 Å². The normalized spacial score (nSPS) is 31.2. The highest BCUT2D eigenvalue weighted by Gasteiger charge is 2.55. The molecule has 0 aromatic carbocycles. The van der Waals surface area contributed by atoms with Crippen molar-refractivity contribution in [3.8, 4) is 0 Å². The number of H-pyrrole nitrogens is 1. The molecule has 0 radical (unpaired) electrons. The van der Waals surface area contributed by atoms with E-state index in [0.29, 0.717) is 0 Å². The molecule has 0 amide bonds. The predicted octanol–water partition coefficient (Wildman–Crippen LogP) is 1.60. The standard InChI is InChI=1S/C10H16FN2O12P3S2/c1-10(14)7(11)5(23-8(10)13-3-2-6(29)12-9(13)30)4-22-27(18,19)25-28(20,21)24-26(15,16)17/h2-3,5,7-8,14H,4H2,1H3,(H,18,19)(H,20,21)(H,12,29,30)(H2,15,16,17)/t5-,7?,8-,10-/m1/s1. The molecule has 0 spiro atoms. The Labute approximate surface area is 177 Å². The van der Waals surface area contributed by atoms with E-state index in [1.165, 1.54) is 12.3 Å². The molecule has 20 heteroatoms. The molecular weight excluding hydrogens is 516 g/mol. The van der Waals surface area contributed by atoms with E-state index in [1.54, 1.807) is 0 Å². The third-order valence-corrected chi connectivity index (χ3v) is 7.96. The lowest BCUT2D eigenvalue weighted by Crippen LogP contribution is -2.42. The Bertz CT molecular complexity index is 1060. The quantitative estimate of drug-likeness (QED) is 0.208. The number of aromatic amines is 1. The van der Waals surface area contributed by atoms with Crippen molar-refractivity contribution < 1.29 is 60.6 Å². The third kappa shape index (κ3) is 6.64. The summed E-state index contributed by atoms with van der Waals surface area (Å²) in [5.74, 6) is 0. The molecule has 0 saturated carbocycles. The van der Waals surface area contributed by atoms with E-state index >= 15 is 0 Å². The van der Waals surface area contributed by atoms with E-state index in [2.05, 4.69) is 18.1 Å². The van der Waals surface area contributed by atoms with Gasteiger partial charge in [-0.1, -0.05) is 12.2 Å². The third-order valence-electron chi connectivity index (χ3n) is 3.61. The fraction of sp³-hybridized carbons (Fsp3) is 0.600. The smallest absolute Gasteiger partial charge is 0.382 e. The molecule has 1 fully saturated rings. The summed E-state index contributed by atoms with van der Waals surface area (Å²) in [4.78, 5) is 38.1. The lowest BCUT2D eigenvalue weighted by Gasteiger charge is -2.27. The lowest BCUT2D eigenvalue weighted by molar-refractivity contribution is -0.0920. The Balaban J connectivity index is 2.13. The zero-order valence-electron chi connectivity index (χ0n) is 14.7. The molecule has 6 N–H and O–H groups in total. The second-order valence-electron chi connectivity index (χ2n) is 6.06. The van der Waals surface area contributed by atoms with Crippen molar-refractivity contribution in [1.82, 2.24) is 9.55 Å². The zero-order chi connectivity index (χ0) is 23.1. The van der Waals surface area contributed by atoms with Crippen LogP contribution in [0.4, 0.5) is 4.39 Å². The van der Waals surface area contributed by atoms with Crippen LogP contribution in [0.15, 0.2) is 12.3 Å². The van der Waals surface area contributed by atoms with Gasteiger partial charge in [-0.15, -0.1) is 0 Å². The number of halogens is 1. The van der Waals surface area contributed by atoms with Crippen LogP contribution in [0.5, 0.6) is 0 Å². The van der Waals surface area contributed by atoms with Gasteiger partial charge in [0.15, 0.2) is 17.2 Å². The average Bonchev–Trinajstić information content (AvgIpc) is 2.73. The molecule has 14 nitrogen and oxygen atoms in total. The van der Waals surface area contributed by atoms with E-state index in [1.807, 2.05) is 0 Å². The summed E-state index contributed by atoms with van der Waals surface area (Å²) in [6.45, 7) is -0.00972. The molecule has 0 bridgehead atoms. The predicted molar refractivity (Wildman–Crippen MR) is 99.7 cm³/mol. The van der Waals surface area contributed by atoms with Crippen molar-refractivity contribution in [3.05, 3.63) is 21.7 Å². The zero-order valence-corrected chi connectivity index (χ0v) is 19.0. The number of phosphoric acid groups is 3. The van der Waals surface area contributed by atoms with Crippen LogP contribution in [0.1, 0.15) is 13.2 Å². The van der Waals surface area contributed by atoms with Gasteiger partial charge in [0.1, 0.15) is 16.3 Å². The molecule has 1 aromatic rings. The van der Waals surface area contributed by atoms with Crippen LogP contribution in [0.2, 0.25) is 0 Å². The van der Waals surface area contributed by atoms with Crippen LogP contribution in [0, 0.1) is 9.41 Å². The molecule has 3 unspecified atom stereocenters. The Kier molecular flexibility index (Phi) is 7.78. The van der Waals surface area contributed by atoms with E-state index in [4.69, 9.17) is 43.9 Å². The average molecular weight is 532 g/mol. The minimum Gasteiger partial charge on any atom is -0.382 e. The minimum absolute atomic E-state index is 0.0199. The highest BCUT2D eigenvalue weighted by Crippen LogP contribution is 2.66. The highest BCUT2D eigenvalue weighted by atomic mass is 32.1. The van der Waals surface area contributed by atoms with Crippen LogP contribution in [0.25, 0.3) is 0 Å². The maximum absolute atomic E-state index is 14.7. The molecule has 2 rings (SSSR count). The Morgan fingerprint density at radius 2 is 1.83 bits per heavy atom. The summed E-state index contributed by atoms with van der Waals surface area (Å²) < 4.78 is 66.4. The molecule has 30 heavy (non-hydrogen) atoms. The van der Waals surface area contributed by atoms with Gasteiger partial charge < -0.3 is 34.4 Å². The van der Waals surface area contributed by atoms with Crippen molar-refractivity contribution in [2.24, 2.45) is 0 Å². The molecule has 1 saturated heterocycles. The van der Waals surface area contributed by atoms with E-state index in [-0.39, 0.29) is 9.41 Å². The first-order valence-electron chi connectivity index (χ1n) is 7.55. The van der Waals surface area contributed by atoms with Gasteiger partial charge >= 0.3 is 23.5 Å². The van der Waals surface area contributed by atoms with Crippen LogP contribution < -0.4 is 0 Å². The molecular formula is C10H16FN2O12P3S2. The van der Waals surface area contributed by atoms with Crippen molar-refractivity contribution >= 4 is 47.9 Å². The van der Waals surface area contributed by atoms with Gasteiger partial charge in [-0.2, -0.15) is 8.62 Å². The maximum atomic E-state index is 14.7. The van der Waals surface area contributed by atoms with Crippen LogP contribution >= 0.6 is 47.9 Å². The van der Waals surface area contributed by atoms with E-state index < -0.39 is 54.2 Å². The second kappa shape index (κ2) is 8.96. The summed E-state index contributed by atoms with van der Waals surface area (Å²) in [7, 11) is -16.8. The number of ether oxygens (including phenoxy) is 1. The van der Waals surface area contributed by atoms with Gasteiger partial charge in [0.05, 0.1) is 6.61 Å². The van der Waals surface area contributed by atoms with Gasteiger partial charge in [0.25, 0.3) is 0 Å². The molecule has 1 aromatic heterocycles. The first-order valence-corrected chi connectivity index (χ1v) is 12.9. The van der Waals surface area contributed by atoms with Gasteiger partial charge in [0, 0.05) is 6.20 Å². The first-order chi connectivity index (χ1) is 13.4. The fourth-order valence-electron chi connectivity index (χ4n) is 2.44. The molecule has 0 aliphatic carbocycles. The maximum Gasteiger partial charge on any atom is 0.490 e. The van der Waals surface area contributed by atoms with E-state index in [9.17, 15) is 28.1 Å². The molecule has 172 valence electrons. The molecule has 2 heterocycles. The molecule has 1 aliphatic heterocycles. The largest absolute Gasteiger partial charge is 0.490 e. The number of nitrogens with zero attached hydrogens (tertiary/aromatic N) is 1. The number of alkyl halides is 1. The van der Waals surface area contributed by atoms with Crippen LogP contribution in [0.3, 0.4) is 0 Å². The number of aliphatic hydroxyl groups is 1. The number of nitrogens with one attached hydrogen (secondary N) is 1. The number of rotatable bonds is 8. The van der Waals surface area contributed by atoms with Crippen molar-refractivity contribution in [3.63, 3.8) is 0 Å². The Morgan fingerprint density at radius 3 is 2.37 bits per heavy atom. The summed E-state index contributed by atoms with van der Waals surface area (Å²) in [5, 5.41) is 10.5. The number of hydrogen-bond donors (Lipinski definition) is 6. The van der Waals surface area contributed by atoms with Gasteiger partial charge in [0.2, 0.25) is 0 Å². The van der Waals surface area contributed by atoms with Crippen molar-refractivity contribution in [2.75, 3.05) is 6.61 Å². The minimum atomic E-state index is -5.73. The number of phosphoric ester groups is 1. The van der Waals surface area contributed by atoms with Gasteiger partial charge in [-0.05, 0) is 25.2 Å². The number of hydrogen-bond acceptors (Lipinski definition) is 10. The lowest BCUT2D eigenvalue weighted by atomic mass is 9.98. The van der Waals surface area contributed by atoms with E-state index in [0.717, 1.165) is 11.5 Å². The molecule has 6 atom stereocenters. The fourth-order valence-corrected chi connectivity index (χ4v) is 5.96.